The molecule has 0 bridgehead atoms. The standard InChI is InChI=1S/C13H25BrN2O6/c14-11-12(17)16-3-1-4-19-7-9-21-10-8-20-5-2-6-22-13(15)18/h1-11H2,(H2,15,18)(H,16,17). The summed E-state index contributed by atoms with van der Waals surface area (Å²) in [6, 6.07) is 0. The van der Waals surface area contributed by atoms with Crippen LogP contribution >= 0.6 is 15.9 Å². The second-order valence-corrected chi connectivity index (χ2v) is 4.76. The lowest BCUT2D eigenvalue weighted by molar-refractivity contribution is -0.118. The van der Waals surface area contributed by atoms with Gasteiger partial charge in [0.05, 0.1) is 38.4 Å². The van der Waals surface area contributed by atoms with Crippen molar-refractivity contribution < 1.29 is 28.5 Å². The van der Waals surface area contributed by atoms with E-state index in [0.29, 0.717) is 57.9 Å². The van der Waals surface area contributed by atoms with Crippen molar-refractivity contribution in [2.75, 3.05) is 58.1 Å². The lowest BCUT2D eigenvalue weighted by Gasteiger charge is -2.07. The molecule has 0 aliphatic carbocycles. The summed E-state index contributed by atoms with van der Waals surface area (Å²) >= 11 is 3.07. The van der Waals surface area contributed by atoms with Gasteiger partial charge in [-0.1, -0.05) is 15.9 Å². The highest BCUT2D eigenvalue weighted by molar-refractivity contribution is 9.09. The van der Waals surface area contributed by atoms with E-state index in [1.54, 1.807) is 0 Å². The van der Waals surface area contributed by atoms with Crippen molar-refractivity contribution in [2.45, 2.75) is 12.8 Å². The monoisotopic (exact) mass is 384 g/mol. The average molecular weight is 385 g/mol. The predicted molar refractivity (Wildman–Crippen MR) is 84.0 cm³/mol. The van der Waals surface area contributed by atoms with Gasteiger partial charge in [0.25, 0.3) is 0 Å². The number of alkyl halides is 1. The van der Waals surface area contributed by atoms with Crippen LogP contribution in [0.1, 0.15) is 12.8 Å². The molecular weight excluding hydrogens is 360 g/mol. The maximum atomic E-state index is 10.9. The maximum Gasteiger partial charge on any atom is 0.404 e. The zero-order chi connectivity index (χ0) is 16.5. The highest BCUT2D eigenvalue weighted by Gasteiger charge is 1.97. The Morgan fingerprint density at radius 2 is 1.41 bits per heavy atom. The van der Waals surface area contributed by atoms with Crippen molar-refractivity contribution in [1.82, 2.24) is 5.32 Å². The zero-order valence-electron chi connectivity index (χ0n) is 12.7. The number of ether oxygens (including phenoxy) is 4. The van der Waals surface area contributed by atoms with E-state index in [0.717, 1.165) is 6.42 Å². The fraction of sp³-hybridized carbons (Fsp3) is 0.846. The minimum Gasteiger partial charge on any atom is -0.450 e. The molecule has 22 heavy (non-hydrogen) atoms. The van der Waals surface area contributed by atoms with Crippen molar-refractivity contribution in [3.63, 3.8) is 0 Å². The molecule has 0 aliphatic rings. The molecule has 0 aliphatic heterocycles. The first-order valence-corrected chi connectivity index (χ1v) is 8.27. The molecule has 0 unspecified atom stereocenters. The van der Waals surface area contributed by atoms with Crippen LogP contribution in [0, 0.1) is 0 Å². The highest BCUT2D eigenvalue weighted by Crippen LogP contribution is 1.87. The Hall–Kier alpha value is -0.900. The third-order valence-corrected chi connectivity index (χ3v) is 2.84. The molecule has 0 fully saturated rings. The Balaban J connectivity index is 3.02. The Morgan fingerprint density at radius 1 is 0.864 bits per heavy atom. The van der Waals surface area contributed by atoms with Crippen molar-refractivity contribution in [3.05, 3.63) is 0 Å². The topological polar surface area (TPSA) is 109 Å². The molecule has 0 atom stereocenters. The number of hydrogen-bond donors (Lipinski definition) is 2. The molecule has 9 heteroatoms. The molecule has 0 heterocycles. The van der Waals surface area contributed by atoms with Gasteiger partial charge in [-0.3, -0.25) is 4.79 Å². The van der Waals surface area contributed by atoms with E-state index in [1.165, 1.54) is 0 Å². The highest BCUT2D eigenvalue weighted by atomic mass is 79.9. The fourth-order valence-corrected chi connectivity index (χ4v) is 1.52. The van der Waals surface area contributed by atoms with Gasteiger partial charge in [-0.25, -0.2) is 4.79 Å². The van der Waals surface area contributed by atoms with Gasteiger partial charge in [0.2, 0.25) is 5.91 Å². The number of hydrogen-bond acceptors (Lipinski definition) is 6. The molecule has 2 amide bonds. The quantitative estimate of drug-likeness (QED) is 0.313. The van der Waals surface area contributed by atoms with Gasteiger partial charge in [0.15, 0.2) is 0 Å². The Morgan fingerprint density at radius 3 is 1.95 bits per heavy atom. The Bertz CT molecular complexity index is 294. The minimum absolute atomic E-state index is 0.0236. The first-order valence-electron chi connectivity index (χ1n) is 7.15. The average Bonchev–Trinajstić information content (AvgIpc) is 2.50. The molecule has 3 N–H and O–H groups in total. The largest absolute Gasteiger partial charge is 0.450 e. The molecule has 0 saturated heterocycles. The molecule has 8 nitrogen and oxygen atoms in total. The van der Waals surface area contributed by atoms with Gasteiger partial charge in [0, 0.05) is 26.2 Å². The fourth-order valence-electron chi connectivity index (χ4n) is 1.32. The van der Waals surface area contributed by atoms with Crippen LogP contribution in [0.5, 0.6) is 0 Å². The van der Waals surface area contributed by atoms with Crippen molar-refractivity contribution in [2.24, 2.45) is 5.73 Å². The van der Waals surface area contributed by atoms with Gasteiger partial charge in [-0.15, -0.1) is 0 Å². The maximum absolute atomic E-state index is 10.9. The van der Waals surface area contributed by atoms with E-state index in [9.17, 15) is 9.59 Å². The summed E-state index contributed by atoms with van der Waals surface area (Å²) in [4.78, 5) is 21.2. The minimum atomic E-state index is -0.770. The van der Waals surface area contributed by atoms with Crippen LogP contribution in [0.25, 0.3) is 0 Å². The number of nitrogens with two attached hydrogens (primary N) is 1. The molecule has 0 aromatic rings. The summed E-state index contributed by atoms with van der Waals surface area (Å²) in [7, 11) is 0. The Labute approximate surface area is 139 Å². The van der Waals surface area contributed by atoms with Gasteiger partial charge in [-0.05, 0) is 6.42 Å². The SMILES string of the molecule is NC(=O)OCCCOCCOCCOCCCNC(=O)CBr. The van der Waals surface area contributed by atoms with Crippen LogP contribution in [0.15, 0.2) is 0 Å². The second-order valence-electron chi connectivity index (χ2n) is 4.20. The number of halogens is 1. The van der Waals surface area contributed by atoms with Crippen LogP contribution in [-0.4, -0.2) is 70.1 Å². The number of amides is 2. The summed E-state index contributed by atoms with van der Waals surface area (Å²) in [5, 5.41) is 3.05. The third kappa shape index (κ3) is 17.2. The van der Waals surface area contributed by atoms with E-state index in [4.69, 9.17) is 19.9 Å². The molecule has 0 spiro atoms. The van der Waals surface area contributed by atoms with Crippen LogP contribution in [0.2, 0.25) is 0 Å². The van der Waals surface area contributed by atoms with Crippen LogP contribution in [-0.2, 0) is 23.7 Å². The van der Waals surface area contributed by atoms with Crippen molar-refractivity contribution in [3.8, 4) is 0 Å². The van der Waals surface area contributed by atoms with Crippen LogP contribution in [0.3, 0.4) is 0 Å². The molecular formula is C13H25BrN2O6. The summed E-state index contributed by atoms with van der Waals surface area (Å²) < 4.78 is 20.5. The second kappa shape index (κ2) is 16.5. The Kier molecular flexibility index (Phi) is 15.8. The summed E-state index contributed by atoms with van der Waals surface area (Å²) in [5.74, 6) is -0.0236. The van der Waals surface area contributed by atoms with Gasteiger partial charge in [0.1, 0.15) is 0 Å². The zero-order valence-corrected chi connectivity index (χ0v) is 14.3. The summed E-state index contributed by atoms with van der Waals surface area (Å²) in [6.07, 6.45) is 0.612. The smallest absolute Gasteiger partial charge is 0.404 e. The van der Waals surface area contributed by atoms with Crippen molar-refractivity contribution >= 4 is 27.9 Å². The number of carbonyl (C=O) groups excluding carboxylic acids is 2. The lowest BCUT2D eigenvalue weighted by Crippen LogP contribution is -2.26. The predicted octanol–water partition coefficient (Wildman–Crippen LogP) is 0.423. The molecule has 130 valence electrons. The number of rotatable bonds is 15. The van der Waals surface area contributed by atoms with Crippen molar-refractivity contribution in [1.29, 1.82) is 0 Å². The third-order valence-electron chi connectivity index (χ3n) is 2.33. The van der Waals surface area contributed by atoms with Crippen LogP contribution < -0.4 is 11.1 Å². The molecule has 0 saturated carbocycles. The van der Waals surface area contributed by atoms with Crippen LogP contribution in [0.4, 0.5) is 4.79 Å². The number of carbonyl (C=O) groups is 2. The number of nitrogens with one attached hydrogen (secondary N) is 1. The molecule has 0 aromatic carbocycles. The summed E-state index contributed by atoms with van der Waals surface area (Å²) in [6.45, 7) is 3.94. The van der Waals surface area contributed by atoms with E-state index < -0.39 is 6.09 Å². The van der Waals surface area contributed by atoms with Gasteiger partial charge < -0.3 is 30.0 Å². The first kappa shape index (κ1) is 21.1. The lowest BCUT2D eigenvalue weighted by atomic mass is 10.4. The van der Waals surface area contributed by atoms with E-state index >= 15 is 0 Å². The van der Waals surface area contributed by atoms with E-state index in [2.05, 4.69) is 26.0 Å². The van der Waals surface area contributed by atoms with Gasteiger partial charge >= 0.3 is 6.09 Å². The first-order chi connectivity index (χ1) is 10.7. The number of primary amides is 1. The summed E-state index contributed by atoms with van der Waals surface area (Å²) in [5.41, 5.74) is 4.81. The molecule has 0 aromatic heterocycles. The normalized spacial score (nSPS) is 10.4. The molecule has 0 rings (SSSR count). The van der Waals surface area contributed by atoms with E-state index in [1.807, 2.05) is 0 Å². The van der Waals surface area contributed by atoms with E-state index in [-0.39, 0.29) is 12.5 Å². The molecule has 0 radical (unpaired) electrons. The van der Waals surface area contributed by atoms with Gasteiger partial charge in [-0.2, -0.15) is 0 Å².